The molecule has 2 aromatic rings. The summed E-state index contributed by atoms with van der Waals surface area (Å²) in [5.41, 5.74) is 2.44. The zero-order valence-electron chi connectivity index (χ0n) is 9.61. The maximum absolute atomic E-state index is 10.8. The van der Waals surface area contributed by atoms with E-state index >= 15 is 0 Å². The summed E-state index contributed by atoms with van der Waals surface area (Å²) in [6, 6.07) is 7.51. The topological polar surface area (TPSA) is 39.2 Å². The molecule has 0 saturated heterocycles. The Balaban J connectivity index is 2.68. The molecule has 0 bridgehead atoms. The van der Waals surface area contributed by atoms with Crippen molar-refractivity contribution in [2.45, 2.75) is 12.3 Å². The second-order valence-corrected chi connectivity index (χ2v) is 4.25. The number of alkyl halides is 1. The minimum absolute atomic E-state index is 0.586. The summed E-state index contributed by atoms with van der Waals surface area (Å²) in [6.45, 7) is 1.93. The van der Waals surface area contributed by atoms with E-state index in [2.05, 4.69) is 4.98 Å². The van der Waals surface area contributed by atoms with Gasteiger partial charge in [-0.25, -0.2) is 0 Å². The number of hydrogen-bond donors (Lipinski definition) is 0. The molecule has 1 atom stereocenters. The van der Waals surface area contributed by atoms with Crippen molar-refractivity contribution in [3.05, 3.63) is 35.5 Å². The normalized spacial score (nSPS) is 12.4. The van der Waals surface area contributed by atoms with E-state index in [-0.39, 0.29) is 0 Å². The molecule has 0 aliphatic rings. The van der Waals surface area contributed by atoms with Crippen LogP contribution in [-0.4, -0.2) is 18.4 Å². The summed E-state index contributed by atoms with van der Waals surface area (Å²) in [7, 11) is 1.55. The highest BCUT2D eigenvalue weighted by atomic mass is 35.5. The summed E-state index contributed by atoms with van der Waals surface area (Å²) in [5, 5.41) is 0.245. The van der Waals surface area contributed by atoms with Crippen LogP contribution in [-0.2, 0) is 4.79 Å². The molecule has 1 aromatic carbocycles. The molecular weight excluding hydrogens is 238 g/mol. The third-order valence-electron chi connectivity index (χ3n) is 2.60. The Kier molecular flexibility index (Phi) is 3.29. The molecule has 1 heterocycles. The van der Waals surface area contributed by atoms with Crippen molar-refractivity contribution in [1.82, 2.24) is 4.98 Å². The predicted octanol–water partition coefficient (Wildman–Crippen LogP) is 3.03. The summed E-state index contributed by atoms with van der Waals surface area (Å²) in [5.74, 6) is 0.586. The summed E-state index contributed by atoms with van der Waals surface area (Å²) in [4.78, 5) is 15.2. The Bertz CT molecular complexity index is 569. The number of aldehydes is 1. The van der Waals surface area contributed by atoms with Gasteiger partial charge in [0.05, 0.1) is 12.6 Å². The Hall–Kier alpha value is -1.61. The molecule has 0 N–H and O–H groups in total. The molecule has 1 aromatic heterocycles. The average molecular weight is 250 g/mol. The largest absolute Gasteiger partial charge is 0.496 e. The highest BCUT2D eigenvalue weighted by molar-refractivity contribution is 6.28. The summed E-state index contributed by atoms with van der Waals surface area (Å²) < 4.78 is 5.23. The molecule has 0 aliphatic carbocycles. The third kappa shape index (κ3) is 2.24. The molecule has 0 spiro atoms. The molecule has 17 heavy (non-hydrogen) atoms. The fraction of sp³-hybridized carbons (Fsp3) is 0.231. The smallest absolute Gasteiger partial charge is 0.142 e. The van der Waals surface area contributed by atoms with E-state index in [4.69, 9.17) is 16.3 Å². The number of ether oxygens (including phenoxy) is 1. The number of aryl methyl sites for hydroxylation is 1. The van der Waals surface area contributed by atoms with E-state index in [1.807, 2.05) is 25.1 Å². The van der Waals surface area contributed by atoms with Crippen LogP contribution in [0, 0.1) is 6.92 Å². The highest BCUT2D eigenvalue weighted by Gasteiger charge is 2.14. The predicted molar refractivity (Wildman–Crippen MR) is 67.7 cm³/mol. The van der Waals surface area contributed by atoms with Crippen molar-refractivity contribution in [1.29, 1.82) is 0 Å². The number of rotatable bonds is 3. The molecule has 0 amide bonds. The van der Waals surface area contributed by atoms with Gasteiger partial charge in [0.25, 0.3) is 0 Å². The SMILES string of the molecule is COc1cc2nc(C)ccc2cc1[C@H](Cl)C=O. The van der Waals surface area contributed by atoms with Crippen LogP contribution in [0.1, 0.15) is 16.6 Å². The number of halogens is 1. The lowest BCUT2D eigenvalue weighted by molar-refractivity contribution is -0.107. The lowest BCUT2D eigenvalue weighted by atomic mass is 10.1. The zero-order valence-corrected chi connectivity index (χ0v) is 10.4. The number of carbonyl (C=O) groups excluding carboxylic acids is 1. The monoisotopic (exact) mass is 249 g/mol. The van der Waals surface area contributed by atoms with E-state index in [9.17, 15) is 4.79 Å². The number of nitrogens with zero attached hydrogens (tertiary/aromatic N) is 1. The van der Waals surface area contributed by atoms with E-state index in [1.165, 1.54) is 0 Å². The maximum atomic E-state index is 10.8. The molecule has 0 saturated carbocycles. The first-order valence-electron chi connectivity index (χ1n) is 5.20. The van der Waals surface area contributed by atoms with E-state index in [0.29, 0.717) is 17.6 Å². The van der Waals surface area contributed by atoms with Gasteiger partial charge in [0.2, 0.25) is 0 Å². The lowest BCUT2D eigenvalue weighted by Crippen LogP contribution is -1.97. The second-order valence-electron chi connectivity index (χ2n) is 3.78. The van der Waals surface area contributed by atoms with Crippen LogP contribution in [0.15, 0.2) is 24.3 Å². The van der Waals surface area contributed by atoms with Crippen LogP contribution in [0.3, 0.4) is 0 Å². The fourth-order valence-electron chi connectivity index (χ4n) is 1.74. The van der Waals surface area contributed by atoms with Crippen molar-refractivity contribution in [3.8, 4) is 5.75 Å². The van der Waals surface area contributed by atoms with Gasteiger partial charge in [-0.05, 0) is 19.1 Å². The lowest BCUT2D eigenvalue weighted by Gasteiger charge is -2.11. The second kappa shape index (κ2) is 4.72. The molecule has 4 heteroatoms. The van der Waals surface area contributed by atoms with E-state index in [1.54, 1.807) is 13.2 Å². The van der Waals surface area contributed by atoms with Crippen LogP contribution in [0.2, 0.25) is 0 Å². The molecule has 88 valence electrons. The van der Waals surface area contributed by atoms with Crippen LogP contribution in [0.5, 0.6) is 5.75 Å². The summed E-state index contributed by atoms with van der Waals surface area (Å²) >= 11 is 5.94. The number of fused-ring (bicyclic) bond motifs is 1. The average Bonchev–Trinajstić information content (AvgIpc) is 2.36. The number of methoxy groups -OCH3 is 1. The number of benzene rings is 1. The van der Waals surface area contributed by atoms with Gasteiger partial charge in [-0.1, -0.05) is 6.07 Å². The maximum Gasteiger partial charge on any atom is 0.142 e. The van der Waals surface area contributed by atoms with Gasteiger partial charge in [-0.2, -0.15) is 0 Å². The van der Waals surface area contributed by atoms with E-state index < -0.39 is 5.38 Å². The minimum Gasteiger partial charge on any atom is -0.496 e. The van der Waals surface area contributed by atoms with Crippen molar-refractivity contribution < 1.29 is 9.53 Å². The van der Waals surface area contributed by atoms with Crippen molar-refractivity contribution in [2.24, 2.45) is 0 Å². The fourth-order valence-corrected chi connectivity index (χ4v) is 1.91. The Morgan fingerprint density at radius 2 is 2.18 bits per heavy atom. The third-order valence-corrected chi connectivity index (χ3v) is 2.93. The number of aromatic nitrogens is 1. The first-order chi connectivity index (χ1) is 8.15. The first-order valence-corrected chi connectivity index (χ1v) is 5.64. The molecule has 2 rings (SSSR count). The Morgan fingerprint density at radius 1 is 1.41 bits per heavy atom. The van der Waals surface area contributed by atoms with E-state index in [0.717, 1.165) is 16.6 Å². The van der Waals surface area contributed by atoms with Crippen LogP contribution < -0.4 is 4.74 Å². The van der Waals surface area contributed by atoms with Crippen molar-refractivity contribution >= 4 is 28.8 Å². The van der Waals surface area contributed by atoms with Crippen LogP contribution >= 0.6 is 11.6 Å². The van der Waals surface area contributed by atoms with Gasteiger partial charge in [-0.3, -0.25) is 4.98 Å². The molecule has 0 aliphatic heterocycles. The molecule has 3 nitrogen and oxygen atoms in total. The zero-order chi connectivity index (χ0) is 12.4. The molecule has 0 unspecified atom stereocenters. The standard InChI is InChI=1S/C13H12ClNO2/c1-8-3-4-9-5-10(11(14)7-16)13(17-2)6-12(9)15-8/h3-7,11H,1-2H3/t11-/m1/s1. The number of pyridine rings is 1. The number of carbonyl (C=O) groups is 1. The quantitative estimate of drug-likeness (QED) is 0.620. The Labute approximate surface area is 104 Å². The van der Waals surface area contributed by atoms with Gasteiger partial charge >= 0.3 is 0 Å². The van der Waals surface area contributed by atoms with Gasteiger partial charge in [0.15, 0.2) is 0 Å². The molecule has 0 fully saturated rings. The highest BCUT2D eigenvalue weighted by Crippen LogP contribution is 2.32. The van der Waals surface area contributed by atoms with Gasteiger partial charge in [0, 0.05) is 22.7 Å². The molecule has 0 radical (unpaired) electrons. The number of hydrogen-bond acceptors (Lipinski definition) is 3. The van der Waals surface area contributed by atoms with Gasteiger partial charge in [-0.15, -0.1) is 11.6 Å². The van der Waals surface area contributed by atoms with Crippen LogP contribution in [0.4, 0.5) is 0 Å². The Morgan fingerprint density at radius 3 is 2.82 bits per heavy atom. The van der Waals surface area contributed by atoms with Gasteiger partial charge < -0.3 is 9.53 Å². The molecular formula is C13H12ClNO2. The van der Waals surface area contributed by atoms with Gasteiger partial charge in [0.1, 0.15) is 17.4 Å². The first kappa shape index (κ1) is 11.9. The van der Waals surface area contributed by atoms with Crippen molar-refractivity contribution in [3.63, 3.8) is 0 Å². The minimum atomic E-state index is -0.698. The summed E-state index contributed by atoms with van der Waals surface area (Å²) in [6.07, 6.45) is 0.687. The van der Waals surface area contributed by atoms with Crippen molar-refractivity contribution in [2.75, 3.05) is 7.11 Å². The van der Waals surface area contributed by atoms with Crippen LogP contribution in [0.25, 0.3) is 10.9 Å².